The second-order valence-corrected chi connectivity index (χ2v) is 7.38. The highest BCUT2D eigenvalue weighted by molar-refractivity contribution is 6.16. The number of rotatable bonds is 4. The van der Waals surface area contributed by atoms with E-state index in [1.165, 1.54) is 5.01 Å². The number of aromatic nitrogens is 1. The third-order valence-corrected chi connectivity index (χ3v) is 5.36. The van der Waals surface area contributed by atoms with E-state index in [0.29, 0.717) is 22.9 Å². The highest BCUT2D eigenvalue weighted by atomic mass is 16.5. The Morgan fingerprint density at radius 2 is 1.61 bits per heavy atom. The van der Waals surface area contributed by atoms with Gasteiger partial charge in [-0.25, -0.2) is 9.78 Å². The fraction of sp³-hybridized carbons (Fsp3) is 0.160. The Kier molecular flexibility index (Phi) is 5.99. The first-order valence-electron chi connectivity index (χ1n) is 10.3. The van der Waals surface area contributed by atoms with Crippen LogP contribution in [0.5, 0.6) is 17.4 Å². The molecule has 8 heteroatoms. The van der Waals surface area contributed by atoms with Gasteiger partial charge in [0.25, 0.3) is 0 Å². The van der Waals surface area contributed by atoms with Gasteiger partial charge in [0.2, 0.25) is 5.88 Å². The van der Waals surface area contributed by atoms with E-state index in [2.05, 4.69) is 10.3 Å². The van der Waals surface area contributed by atoms with Crippen molar-refractivity contribution in [1.82, 2.24) is 15.3 Å². The average molecular weight is 444 g/mol. The number of urea groups is 1. The zero-order valence-corrected chi connectivity index (χ0v) is 18.8. The quantitative estimate of drug-likeness (QED) is 0.628. The van der Waals surface area contributed by atoms with Crippen molar-refractivity contribution in [2.45, 2.75) is 6.92 Å². The number of hydrogen-bond donors (Lipinski definition) is 2. The number of hydrazone groups is 1. The van der Waals surface area contributed by atoms with Crippen molar-refractivity contribution in [3.8, 4) is 28.5 Å². The number of benzene rings is 2. The smallest absolute Gasteiger partial charge is 0.342 e. The Balaban J connectivity index is 1.86. The van der Waals surface area contributed by atoms with E-state index in [1.54, 1.807) is 39.6 Å². The van der Waals surface area contributed by atoms with Crippen LogP contribution >= 0.6 is 0 Å². The molecular formula is C25H24N4O4. The summed E-state index contributed by atoms with van der Waals surface area (Å²) in [5.41, 5.74) is 5.54. The molecule has 1 aliphatic rings. The molecule has 1 aliphatic heterocycles. The van der Waals surface area contributed by atoms with E-state index in [9.17, 15) is 9.90 Å². The number of carbonyl (C=O) groups excluding carboxylic acids is 1. The SMILES string of the molecule is CNC(=O)N1N=C(c2ccc(-c3ccc(O)nc3)cc2)c2cc(OC)c(OC)cc2C=C1C. The second kappa shape index (κ2) is 9.04. The Morgan fingerprint density at radius 1 is 0.970 bits per heavy atom. The Bertz CT molecular complexity index is 1250. The van der Waals surface area contributed by atoms with E-state index < -0.39 is 0 Å². The molecule has 0 bridgehead atoms. The van der Waals surface area contributed by atoms with Crippen LogP contribution in [-0.2, 0) is 0 Å². The number of carbonyl (C=O) groups is 1. The van der Waals surface area contributed by atoms with Crippen molar-refractivity contribution < 1.29 is 19.4 Å². The van der Waals surface area contributed by atoms with E-state index in [1.807, 2.05) is 49.4 Å². The molecule has 168 valence electrons. The van der Waals surface area contributed by atoms with Gasteiger partial charge >= 0.3 is 6.03 Å². The van der Waals surface area contributed by atoms with Gasteiger partial charge in [-0.05, 0) is 42.3 Å². The molecule has 0 radical (unpaired) electrons. The first-order valence-corrected chi connectivity index (χ1v) is 10.3. The van der Waals surface area contributed by atoms with Gasteiger partial charge in [-0.2, -0.15) is 10.1 Å². The Morgan fingerprint density at radius 3 is 2.21 bits per heavy atom. The standard InChI is InChI=1S/C25H24N4O4/c1-15-11-19-12-21(32-3)22(33-4)13-20(19)24(28-29(15)25(31)26-2)17-7-5-16(6-8-17)18-9-10-23(30)27-14-18/h5-14H,1-4H3,(H,26,31)(H,27,30). The Labute approximate surface area is 191 Å². The highest BCUT2D eigenvalue weighted by Gasteiger charge is 2.24. The van der Waals surface area contributed by atoms with Crippen molar-refractivity contribution in [3.63, 3.8) is 0 Å². The van der Waals surface area contributed by atoms with Crippen LogP contribution in [0.4, 0.5) is 4.79 Å². The molecule has 0 saturated carbocycles. The number of amides is 2. The first-order chi connectivity index (χ1) is 15.9. The van der Waals surface area contributed by atoms with Crippen LogP contribution in [0.25, 0.3) is 17.2 Å². The fourth-order valence-corrected chi connectivity index (χ4v) is 3.64. The summed E-state index contributed by atoms with van der Waals surface area (Å²) in [6.45, 7) is 1.82. The van der Waals surface area contributed by atoms with Crippen molar-refractivity contribution >= 4 is 17.8 Å². The third-order valence-electron chi connectivity index (χ3n) is 5.36. The number of hydrogen-bond acceptors (Lipinski definition) is 6. The maximum atomic E-state index is 12.6. The number of fused-ring (bicyclic) bond motifs is 1. The molecule has 0 aliphatic carbocycles. The van der Waals surface area contributed by atoms with Crippen molar-refractivity contribution in [2.75, 3.05) is 21.3 Å². The number of pyridine rings is 1. The minimum Gasteiger partial charge on any atom is -0.493 e. The van der Waals surface area contributed by atoms with Gasteiger partial charge < -0.3 is 19.9 Å². The summed E-state index contributed by atoms with van der Waals surface area (Å²) in [5.74, 6) is 1.12. The molecule has 0 saturated heterocycles. The van der Waals surface area contributed by atoms with E-state index in [-0.39, 0.29) is 11.9 Å². The van der Waals surface area contributed by atoms with Crippen molar-refractivity contribution in [3.05, 3.63) is 77.1 Å². The number of aromatic hydroxyl groups is 1. The van der Waals surface area contributed by atoms with E-state index in [4.69, 9.17) is 14.6 Å². The molecule has 0 spiro atoms. The molecular weight excluding hydrogens is 420 g/mol. The van der Waals surface area contributed by atoms with Crippen LogP contribution in [0.2, 0.25) is 0 Å². The van der Waals surface area contributed by atoms with Gasteiger partial charge in [0.05, 0.1) is 19.9 Å². The number of ether oxygens (including phenoxy) is 2. The lowest BCUT2D eigenvalue weighted by Crippen LogP contribution is -2.33. The molecule has 3 aromatic rings. The minimum absolute atomic E-state index is 0.0266. The van der Waals surface area contributed by atoms with Crippen LogP contribution in [0.1, 0.15) is 23.6 Å². The zero-order valence-electron chi connectivity index (χ0n) is 18.8. The summed E-state index contributed by atoms with van der Waals surface area (Å²) >= 11 is 0. The molecule has 4 rings (SSSR count). The molecule has 2 aromatic carbocycles. The monoisotopic (exact) mass is 444 g/mol. The molecule has 33 heavy (non-hydrogen) atoms. The maximum absolute atomic E-state index is 12.6. The molecule has 2 amide bonds. The summed E-state index contributed by atoms with van der Waals surface area (Å²) in [6, 6.07) is 14.5. The van der Waals surface area contributed by atoms with Gasteiger partial charge in [-0.3, -0.25) is 0 Å². The second-order valence-electron chi connectivity index (χ2n) is 7.38. The normalized spacial score (nSPS) is 12.8. The van der Waals surface area contributed by atoms with Gasteiger partial charge in [0, 0.05) is 41.7 Å². The molecule has 1 aromatic heterocycles. The van der Waals surface area contributed by atoms with Gasteiger partial charge in [0.15, 0.2) is 11.5 Å². The van der Waals surface area contributed by atoms with Crippen LogP contribution in [0.15, 0.2) is 65.5 Å². The minimum atomic E-state index is -0.347. The lowest BCUT2D eigenvalue weighted by molar-refractivity contribution is 0.215. The highest BCUT2D eigenvalue weighted by Crippen LogP contribution is 2.35. The van der Waals surface area contributed by atoms with Crippen LogP contribution < -0.4 is 14.8 Å². The summed E-state index contributed by atoms with van der Waals surface area (Å²) < 4.78 is 11.0. The average Bonchev–Trinajstić information content (AvgIpc) is 2.98. The molecule has 0 unspecified atom stereocenters. The predicted octanol–water partition coefficient (Wildman–Crippen LogP) is 4.24. The number of methoxy groups -OCH3 is 2. The maximum Gasteiger partial charge on any atom is 0.342 e. The van der Waals surface area contributed by atoms with Gasteiger partial charge in [-0.15, -0.1) is 0 Å². The molecule has 0 fully saturated rings. The largest absolute Gasteiger partial charge is 0.493 e. The molecule has 2 heterocycles. The Hall–Kier alpha value is -4.33. The lowest BCUT2D eigenvalue weighted by Gasteiger charge is -2.17. The van der Waals surface area contributed by atoms with Crippen LogP contribution in [-0.4, -0.2) is 48.1 Å². The van der Waals surface area contributed by atoms with E-state index in [0.717, 1.165) is 27.8 Å². The molecule has 2 N–H and O–H groups in total. The predicted molar refractivity (Wildman–Crippen MR) is 126 cm³/mol. The number of nitrogens with one attached hydrogen (secondary N) is 1. The lowest BCUT2D eigenvalue weighted by atomic mass is 9.95. The fourth-order valence-electron chi connectivity index (χ4n) is 3.64. The summed E-state index contributed by atoms with van der Waals surface area (Å²) in [5, 5.41) is 18.1. The van der Waals surface area contributed by atoms with Crippen LogP contribution in [0.3, 0.4) is 0 Å². The zero-order chi connectivity index (χ0) is 23.5. The van der Waals surface area contributed by atoms with Gasteiger partial charge in [-0.1, -0.05) is 24.3 Å². The third kappa shape index (κ3) is 4.23. The number of nitrogens with zero attached hydrogens (tertiary/aromatic N) is 3. The van der Waals surface area contributed by atoms with Crippen molar-refractivity contribution in [1.29, 1.82) is 0 Å². The molecule has 8 nitrogen and oxygen atoms in total. The summed E-state index contributed by atoms with van der Waals surface area (Å²) in [4.78, 5) is 16.5. The molecule has 0 atom stereocenters. The number of allylic oxidation sites excluding steroid dienone is 1. The van der Waals surface area contributed by atoms with Crippen molar-refractivity contribution in [2.24, 2.45) is 5.10 Å². The first kappa shape index (κ1) is 21.9. The van der Waals surface area contributed by atoms with Gasteiger partial charge in [0.1, 0.15) is 0 Å². The summed E-state index contributed by atoms with van der Waals surface area (Å²) in [7, 11) is 4.73. The summed E-state index contributed by atoms with van der Waals surface area (Å²) in [6.07, 6.45) is 3.50. The topological polar surface area (TPSA) is 96.3 Å². The van der Waals surface area contributed by atoms with Crippen LogP contribution in [0, 0.1) is 0 Å². The van der Waals surface area contributed by atoms with E-state index >= 15 is 0 Å².